The maximum atomic E-state index is 12.3. The van der Waals surface area contributed by atoms with Gasteiger partial charge in [-0.1, -0.05) is 41.7 Å². The molecular weight excluding hydrogens is 426 g/mol. The van der Waals surface area contributed by atoms with E-state index in [4.69, 9.17) is 0 Å². The zero-order valence-electron chi connectivity index (χ0n) is 16.9. The predicted molar refractivity (Wildman–Crippen MR) is 125 cm³/mol. The number of non-ortho nitro benzene ring substituents is 1. The minimum absolute atomic E-state index is 0.0584. The number of amides is 1. The zero-order chi connectivity index (χ0) is 22.3. The predicted octanol–water partition coefficient (Wildman–Crippen LogP) is 5.02. The highest BCUT2D eigenvalue weighted by atomic mass is 32.1. The van der Waals surface area contributed by atoms with Crippen molar-refractivity contribution < 1.29 is 9.72 Å². The maximum absolute atomic E-state index is 12.3. The van der Waals surface area contributed by atoms with Crippen LogP contribution in [0.3, 0.4) is 0 Å². The number of carbonyl (C=O) groups is 1. The Bertz CT molecular complexity index is 1210. The van der Waals surface area contributed by atoms with Crippen LogP contribution >= 0.6 is 11.3 Å². The molecule has 0 fully saturated rings. The second-order valence-corrected chi connectivity index (χ2v) is 7.89. The summed E-state index contributed by atoms with van der Waals surface area (Å²) in [6.45, 7) is 0.770. The molecule has 3 aromatic carbocycles. The summed E-state index contributed by atoms with van der Waals surface area (Å²) in [7, 11) is 0. The number of anilines is 2. The van der Waals surface area contributed by atoms with E-state index in [0.29, 0.717) is 11.3 Å². The van der Waals surface area contributed by atoms with Crippen molar-refractivity contribution in [2.45, 2.75) is 6.42 Å². The quantitative estimate of drug-likeness (QED) is 0.291. The second kappa shape index (κ2) is 9.80. The van der Waals surface area contributed by atoms with Crippen molar-refractivity contribution in [1.29, 1.82) is 0 Å². The van der Waals surface area contributed by atoms with E-state index in [2.05, 4.69) is 33.0 Å². The normalized spacial score (nSPS) is 10.5. The Morgan fingerprint density at radius 3 is 2.34 bits per heavy atom. The first-order chi connectivity index (χ1) is 15.6. The van der Waals surface area contributed by atoms with Crippen molar-refractivity contribution >= 4 is 33.8 Å². The van der Waals surface area contributed by atoms with E-state index in [1.807, 2.05) is 30.3 Å². The topological polar surface area (TPSA) is 110 Å². The SMILES string of the molecule is O=C(Nc1ccc(-c2nnc(NCCc3ccccc3)s2)cc1)c1ccc([N+](=O)[O-])cc1. The van der Waals surface area contributed by atoms with Crippen molar-refractivity contribution in [3.8, 4) is 10.6 Å². The number of benzene rings is 3. The van der Waals surface area contributed by atoms with Gasteiger partial charge in [0.1, 0.15) is 5.01 Å². The minimum Gasteiger partial charge on any atom is -0.360 e. The van der Waals surface area contributed by atoms with Crippen LogP contribution in [0.1, 0.15) is 15.9 Å². The lowest BCUT2D eigenvalue weighted by molar-refractivity contribution is -0.384. The summed E-state index contributed by atoms with van der Waals surface area (Å²) in [5.74, 6) is -0.339. The average Bonchev–Trinajstić information content (AvgIpc) is 3.29. The highest BCUT2D eigenvalue weighted by molar-refractivity contribution is 7.18. The van der Waals surface area contributed by atoms with Crippen LogP contribution in [-0.4, -0.2) is 27.6 Å². The van der Waals surface area contributed by atoms with Crippen molar-refractivity contribution in [3.63, 3.8) is 0 Å². The number of hydrogen-bond acceptors (Lipinski definition) is 7. The van der Waals surface area contributed by atoms with Gasteiger partial charge in [-0.2, -0.15) is 0 Å². The van der Waals surface area contributed by atoms with E-state index in [9.17, 15) is 14.9 Å². The first-order valence-electron chi connectivity index (χ1n) is 9.86. The molecule has 0 atom stereocenters. The van der Waals surface area contributed by atoms with Gasteiger partial charge in [-0.25, -0.2) is 0 Å². The van der Waals surface area contributed by atoms with Crippen molar-refractivity contribution in [2.24, 2.45) is 0 Å². The van der Waals surface area contributed by atoms with Gasteiger partial charge in [0.25, 0.3) is 11.6 Å². The van der Waals surface area contributed by atoms with E-state index < -0.39 is 4.92 Å². The summed E-state index contributed by atoms with van der Waals surface area (Å²) in [5, 5.41) is 26.8. The summed E-state index contributed by atoms with van der Waals surface area (Å²) in [4.78, 5) is 22.6. The largest absolute Gasteiger partial charge is 0.360 e. The third kappa shape index (κ3) is 5.32. The molecule has 32 heavy (non-hydrogen) atoms. The molecule has 160 valence electrons. The van der Waals surface area contributed by atoms with E-state index in [-0.39, 0.29) is 11.6 Å². The Balaban J connectivity index is 1.33. The lowest BCUT2D eigenvalue weighted by Crippen LogP contribution is -2.11. The third-order valence-electron chi connectivity index (χ3n) is 4.69. The number of rotatable bonds is 8. The van der Waals surface area contributed by atoms with Crippen LogP contribution in [0, 0.1) is 10.1 Å². The van der Waals surface area contributed by atoms with E-state index >= 15 is 0 Å². The summed E-state index contributed by atoms with van der Waals surface area (Å²) in [5.41, 5.74) is 3.05. The van der Waals surface area contributed by atoms with Gasteiger partial charge in [-0.05, 0) is 48.4 Å². The van der Waals surface area contributed by atoms with Crippen LogP contribution in [0.15, 0.2) is 78.9 Å². The van der Waals surface area contributed by atoms with Crippen LogP contribution in [0.4, 0.5) is 16.5 Å². The van der Waals surface area contributed by atoms with Gasteiger partial charge in [-0.3, -0.25) is 14.9 Å². The molecule has 0 unspecified atom stereocenters. The molecule has 1 heterocycles. The molecule has 0 saturated carbocycles. The molecule has 0 spiro atoms. The number of carbonyl (C=O) groups excluding carboxylic acids is 1. The molecular formula is C23H19N5O3S. The summed E-state index contributed by atoms with van der Waals surface area (Å²) in [6, 6.07) is 23.0. The molecule has 8 nitrogen and oxygen atoms in total. The smallest absolute Gasteiger partial charge is 0.269 e. The number of nitro groups is 1. The standard InChI is InChI=1S/C23H19N5O3S/c29-21(17-8-12-20(13-9-17)28(30)31)25-19-10-6-18(7-11-19)22-26-27-23(32-22)24-15-14-16-4-2-1-3-5-16/h1-13H,14-15H2,(H,24,27)(H,25,29). The lowest BCUT2D eigenvalue weighted by atomic mass is 10.1. The van der Waals surface area contributed by atoms with Gasteiger partial charge in [0.2, 0.25) is 5.13 Å². The molecule has 0 saturated heterocycles. The Morgan fingerprint density at radius 1 is 0.938 bits per heavy atom. The fraction of sp³-hybridized carbons (Fsp3) is 0.0870. The molecule has 0 aliphatic carbocycles. The average molecular weight is 446 g/mol. The lowest BCUT2D eigenvalue weighted by Gasteiger charge is -2.06. The van der Waals surface area contributed by atoms with Gasteiger partial charge >= 0.3 is 0 Å². The molecule has 4 rings (SSSR count). The van der Waals surface area contributed by atoms with Crippen molar-refractivity contribution in [2.75, 3.05) is 17.2 Å². The van der Waals surface area contributed by atoms with Crippen LogP contribution in [-0.2, 0) is 6.42 Å². The van der Waals surface area contributed by atoms with Crippen molar-refractivity contribution in [1.82, 2.24) is 10.2 Å². The van der Waals surface area contributed by atoms with Crippen LogP contribution in [0.5, 0.6) is 0 Å². The molecule has 0 radical (unpaired) electrons. The summed E-state index contributed by atoms with van der Waals surface area (Å²) in [6.07, 6.45) is 0.902. The highest BCUT2D eigenvalue weighted by Gasteiger charge is 2.11. The molecule has 9 heteroatoms. The molecule has 1 aromatic heterocycles. The Labute approximate surface area is 188 Å². The number of nitrogens with one attached hydrogen (secondary N) is 2. The van der Waals surface area contributed by atoms with Crippen molar-refractivity contribution in [3.05, 3.63) is 100 Å². The van der Waals surface area contributed by atoms with E-state index in [0.717, 1.165) is 28.7 Å². The first kappa shape index (κ1) is 21.1. The summed E-state index contributed by atoms with van der Waals surface area (Å²) >= 11 is 1.47. The zero-order valence-corrected chi connectivity index (χ0v) is 17.7. The number of hydrogen-bond donors (Lipinski definition) is 2. The van der Waals surface area contributed by atoms with Crippen LogP contribution in [0.2, 0.25) is 0 Å². The van der Waals surface area contributed by atoms with Crippen LogP contribution in [0.25, 0.3) is 10.6 Å². The first-order valence-corrected chi connectivity index (χ1v) is 10.7. The fourth-order valence-electron chi connectivity index (χ4n) is 3.00. The van der Waals surface area contributed by atoms with E-state index in [1.54, 1.807) is 12.1 Å². The molecule has 2 N–H and O–H groups in total. The fourth-order valence-corrected chi connectivity index (χ4v) is 3.78. The number of nitro benzene ring substituents is 1. The molecule has 0 aliphatic rings. The van der Waals surface area contributed by atoms with Gasteiger partial charge in [-0.15, -0.1) is 10.2 Å². The Kier molecular flexibility index (Phi) is 6.47. The Hall–Kier alpha value is -4.11. The summed E-state index contributed by atoms with van der Waals surface area (Å²) < 4.78 is 0. The van der Waals surface area contributed by atoms with Gasteiger partial charge in [0.05, 0.1) is 4.92 Å². The molecule has 4 aromatic rings. The number of nitrogens with zero attached hydrogens (tertiary/aromatic N) is 3. The highest BCUT2D eigenvalue weighted by Crippen LogP contribution is 2.27. The molecule has 0 bridgehead atoms. The van der Waals surface area contributed by atoms with Crippen LogP contribution < -0.4 is 10.6 Å². The molecule has 0 aliphatic heterocycles. The van der Waals surface area contributed by atoms with Gasteiger partial charge in [0.15, 0.2) is 0 Å². The van der Waals surface area contributed by atoms with E-state index in [1.165, 1.54) is 41.2 Å². The van der Waals surface area contributed by atoms with Gasteiger partial charge < -0.3 is 10.6 Å². The molecule has 1 amide bonds. The number of aromatic nitrogens is 2. The second-order valence-electron chi connectivity index (χ2n) is 6.91. The minimum atomic E-state index is -0.502. The maximum Gasteiger partial charge on any atom is 0.269 e. The monoisotopic (exact) mass is 445 g/mol. The Morgan fingerprint density at radius 2 is 1.66 bits per heavy atom. The third-order valence-corrected chi connectivity index (χ3v) is 5.62. The van der Waals surface area contributed by atoms with Gasteiger partial charge in [0, 0.05) is 35.5 Å².